The van der Waals surface area contributed by atoms with Crippen molar-refractivity contribution in [2.75, 3.05) is 25.0 Å². The number of nitrogens with zero attached hydrogens (tertiary/aromatic N) is 4. The first kappa shape index (κ1) is 20.1. The molecule has 0 unspecified atom stereocenters. The number of thioether (sulfide) groups is 1. The van der Waals surface area contributed by atoms with Crippen molar-refractivity contribution >= 4 is 51.7 Å². The van der Waals surface area contributed by atoms with Gasteiger partial charge in [-0.05, 0) is 38.5 Å². The summed E-state index contributed by atoms with van der Waals surface area (Å²) in [6, 6.07) is 3.75. The van der Waals surface area contributed by atoms with Gasteiger partial charge in [0.2, 0.25) is 0 Å². The number of fused-ring (bicyclic) bond motifs is 1. The summed E-state index contributed by atoms with van der Waals surface area (Å²) in [6.45, 7) is 7.17. The number of amides is 1. The molecule has 2 fully saturated rings. The number of morpholine rings is 1. The Balaban J connectivity index is 1.94. The predicted molar refractivity (Wildman–Crippen MR) is 119 cm³/mol. The molecular formula is C20H22N4O3S2. The van der Waals surface area contributed by atoms with Crippen LogP contribution in [0.2, 0.25) is 0 Å². The Morgan fingerprint density at radius 2 is 1.97 bits per heavy atom. The van der Waals surface area contributed by atoms with Crippen LogP contribution in [0.15, 0.2) is 28.0 Å². The molecule has 0 radical (unpaired) electrons. The van der Waals surface area contributed by atoms with Crippen LogP contribution in [0.5, 0.6) is 0 Å². The van der Waals surface area contributed by atoms with Gasteiger partial charge in [-0.3, -0.25) is 18.9 Å². The lowest BCUT2D eigenvalue weighted by atomic mass is 10.1. The number of pyridine rings is 1. The van der Waals surface area contributed by atoms with Crippen molar-refractivity contribution in [1.82, 2.24) is 14.3 Å². The van der Waals surface area contributed by atoms with E-state index in [1.807, 2.05) is 32.9 Å². The molecule has 2 atom stereocenters. The van der Waals surface area contributed by atoms with Gasteiger partial charge in [0.1, 0.15) is 15.8 Å². The third kappa shape index (κ3) is 3.58. The molecular weight excluding hydrogens is 408 g/mol. The summed E-state index contributed by atoms with van der Waals surface area (Å²) >= 11 is 6.43. The van der Waals surface area contributed by atoms with Crippen LogP contribution in [0.4, 0.5) is 5.82 Å². The average Bonchev–Trinajstić information content (AvgIpc) is 2.90. The van der Waals surface area contributed by atoms with Crippen molar-refractivity contribution < 1.29 is 9.53 Å². The third-order valence-electron chi connectivity index (χ3n) is 5.05. The lowest BCUT2D eigenvalue weighted by molar-refractivity contribution is -0.121. The van der Waals surface area contributed by atoms with E-state index in [4.69, 9.17) is 21.9 Å². The van der Waals surface area contributed by atoms with Gasteiger partial charge in [0.25, 0.3) is 11.5 Å². The molecule has 0 bridgehead atoms. The van der Waals surface area contributed by atoms with Gasteiger partial charge in [0.05, 0.1) is 22.7 Å². The molecule has 7 nitrogen and oxygen atoms in total. The fourth-order valence-corrected chi connectivity index (χ4v) is 4.86. The molecule has 2 aliphatic heterocycles. The van der Waals surface area contributed by atoms with E-state index in [1.54, 1.807) is 19.3 Å². The number of aromatic nitrogens is 2. The van der Waals surface area contributed by atoms with E-state index in [1.165, 1.54) is 21.1 Å². The van der Waals surface area contributed by atoms with Crippen molar-refractivity contribution in [3.8, 4) is 0 Å². The number of hydrogen-bond acceptors (Lipinski definition) is 7. The summed E-state index contributed by atoms with van der Waals surface area (Å²) in [4.78, 5) is 34.7. The Kier molecular flexibility index (Phi) is 5.22. The zero-order valence-electron chi connectivity index (χ0n) is 16.7. The lowest BCUT2D eigenvalue weighted by Gasteiger charge is -2.36. The Hall–Kier alpha value is -2.23. The first-order valence-corrected chi connectivity index (χ1v) is 10.6. The van der Waals surface area contributed by atoms with Gasteiger partial charge in [-0.15, -0.1) is 0 Å². The summed E-state index contributed by atoms with van der Waals surface area (Å²) in [5.74, 6) is 0.371. The fourth-order valence-electron chi connectivity index (χ4n) is 3.70. The van der Waals surface area contributed by atoms with E-state index in [0.717, 1.165) is 5.56 Å². The van der Waals surface area contributed by atoms with Gasteiger partial charge in [-0.1, -0.05) is 30.0 Å². The zero-order valence-corrected chi connectivity index (χ0v) is 18.3. The summed E-state index contributed by atoms with van der Waals surface area (Å²) < 4.78 is 7.85. The van der Waals surface area contributed by atoms with Gasteiger partial charge >= 0.3 is 0 Å². The van der Waals surface area contributed by atoms with Crippen LogP contribution in [0.3, 0.4) is 0 Å². The van der Waals surface area contributed by atoms with Crippen molar-refractivity contribution in [3.63, 3.8) is 0 Å². The van der Waals surface area contributed by atoms with Crippen molar-refractivity contribution in [2.45, 2.75) is 33.0 Å². The van der Waals surface area contributed by atoms with Crippen molar-refractivity contribution in [3.05, 3.63) is 44.7 Å². The second kappa shape index (κ2) is 7.55. The number of carbonyl (C=O) groups excluding carboxylic acids is 1. The SMILES string of the molecule is Cc1cccn2c(=O)c(/C=C3/SC(=S)N(C)C3=O)c(N3C[C@@H](C)O[C@@H](C)C3)nc12. The minimum absolute atomic E-state index is 0.0116. The molecule has 9 heteroatoms. The molecule has 29 heavy (non-hydrogen) atoms. The van der Waals surface area contributed by atoms with E-state index in [2.05, 4.69) is 4.90 Å². The largest absolute Gasteiger partial charge is 0.372 e. The highest BCUT2D eigenvalue weighted by atomic mass is 32.2. The van der Waals surface area contributed by atoms with E-state index >= 15 is 0 Å². The molecule has 0 spiro atoms. The maximum Gasteiger partial charge on any atom is 0.267 e. The monoisotopic (exact) mass is 430 g/mol. The normalized spacial score (nSPS) is 24.2. The summed E-state index contributed by atoms with van der Waals surface area (Å²) in [7, 11) is 1.64. The van der Waals surface area contributed by atoms with E-state index in [-0.39, 0.29) is 23.7 Å². The Bertz CT molecular complexity index is 1100. The minimum atomic E-state index is -0.207. The molecule has 0 aliphatic carbocycles. The van der Waals surface area contributed by atoms with Crippen LogP contribution in [0, 0.1) is 6.92 Å². The molecule has 0 saturated carbocycles. The quantitative estimate of drug-likeness (QED) is 0.536. The highest BCUT2D eigenvalue weighted by Crippen LogP contribution is 2.33. The van der Waals surface area contributed by atoms with Crippen molar-refractivity contribution in [1.29, 1.82) is 0 Å². The minimum Gasteiger partial charge on any atom is -0.372 e. The van der Waals surface area contributed by atoms with Gasteiger partial charge in [-0.25, -0.2) is 4.98 Å². The molecule has 0 N–H and O–H groups in total. The second-order valence-electron chi connectivity index (χ2n) is 7.44. The Labute approximate surface area is 178 Å². The number of anilines is 1. The highest BCUT2D eigenvalue weighted by molar-refractivity contribution is 8.26. The topological polar surface area (TPSA) is 67.2 Å². The number of ether oxygens (including phenoxy) is 1. The molecule has 2 saturated heterocycles. The average molecular weight is 431 g/mol. The molecule has 2 aromatic rings. The molecule has 2 aliphatic rings. The first-order valence-electron chi connectivity index (χ1n) is 9.40. The van der Waals surface area contributed by atoms with Gasteiger partial charge in [-0.2, -0.15) is 0 Å². The van der Waals surface area contributed by atoms with E-state index < -0.39 is 0 Å². The maximum atomic E-state index is 13.4. The first-order chi connectivity index (χ1) is 13.8. The number of thiocarbonyl (C=S) groups is 1. The van der Waals surface area contributed by atoms with Crippen LogP contribution in [-0.4, -0.2) is 56.9 Å². The number of aryl methyl sites for hydroxylation is 1. The maximum absolute atomic E-state index is 13.4. The Morgan fingerprint density at radius 3 is 2.59 bits per heavy atom. The predicted octanol–water partition coefficient (Wildman–Crippen LogP) is 2.45. The smallest absolute Gasteiger partial charge is 0.267 e. The van der Waals surface area contributed by atoms with Crippen LogP contribution in [0.25, 0.3) is 11.7 Å². The summed E-state index contributed by atoms with van der Waals surface area (Å²) in [5.41, 5.74) is 1.70. The van der Waals surface area contributed by atoms with E-state index in [0.29, 0.717) is 39.3 Å². The summed E-state index contributed by atoms with van der Waals surface area (Å²) in [5, 5.41) is 0. The fraction of sp³-hybridized carbons (Fsp3) is 0.400. The van der Waals surface area contributed by atoms with Gasteiger partial charge in [0.15, 0.2) is 0 Å². The molecule has 4 heterocycles. The van der Waals surface area contributed by atoms with Gasteiger partial charge < -0.3 is 9.64 Å². The number of carbonyl (C=O) groups is 1. The van der Waals surface area contributed by atoms with Crippen molar-refractivity contribution in [2.24, 2.45) is 0 Å². The molecule has 152 valence electrons. The van der Waals surface area contributed by atoms with Crippen LogP contribution < -0.4 is 10.5 Å². The van der Waals surface area contributed by atoms with E-state index in [9.17, 15) is 9.59 Å². The molecule has 1 amide bonds. The third-order valence-corrected chi connectivity index (χ3v) is 6.53. The highest BCUT2D eigenvalue weighted by Gasteiger charge is 2.31. The standard InChI is InChI=1S/C20H22N4O3S2/c1-11-6-5-7-24-16(11)21-17(23-9-12(2)27-13(3)10-23)14(18(24)25)8-15-19(26)22(4)20(28)29-15/h5-8,12-13H,9-10H2,1-4H3/b15-8+/t12-,13+. The van der Waals surface area contributed by atoms with Gasteiger partial charge in [0, 0.05) is 26.3 Å². The number of likely N-dealkylation sites (N-methyl/N-ethyl adjacent to an activating group) is 1. The molecule has 4 rings (SSSR count). The van der Waals surface area contributed by atoms with Crippen LogP contribution in [0.1, 0.15) is 25.0 Å². The zero-order chi connectivity index (χ0) is 20.9. The van der Waals surface area contributed by atoms with Crippen LogP contribution >= 0.6 is 24.0 Å². The molecule has 0 aromatic carbocycles. The number of rotatable bonds is 2. The Morgan fingerprint density at radius 1 is 1.28 bits per heavy atom. The molecule has 2 aromatic heterocycles. The number of hydrogen-bond donors (Lipinski definition) is 0. The second-order valence-corrected chi connectivity index (χ2v) is 9.12. The summed E-state index contributed by atoms with van der Waals surface area (Å²) in [6.07, 6.45) is 3.36. The van der Waals surface area contributed by atoms with Crippen LogP contribution in [-0.2, 0) is 9.53 Å². The lowest BCUT2D eigenvalue weighted by Crippen LogP contribution is -2.46.